The number of aliphatic carboxylic acids is 1. The van der Waals surface area contributed by atoms with E-state index in [0.29, 0.717) is 23.1 Å². The van der Waals surface area contributed by atoms with Crippen LogP contribution in [-0.2, 0) is 17.8 Å². The molecule has 1 aromatic heterocycles. The molecule has 1 heterocycles. The van der Waals surface area contributed by atoms with Gasteiger partial charge < -0.3 is 14.4 Å². The number of benzene rings is 2. The van der Waals surface area contributed by atoms with Crippen molar-refractivity contribution in [1.82, 2.24) is 9.55 Å². The minimum Gasteiger partial charge on any atom is -0.493 e. The molecule has 3 aromatic rings. The van der Waals surface area contributed by atoms with Gasteiger partial charge >= 0.3 is 5.97 Å². The second-order valence-electron chi connectivity index (χ2n) is 7.10. The number of hydrogen-bond donors (Lipinski definition) is 1. The molecule has 3 rings (SSSR count). The number of rotatable bonds is 9. The zero-order valence-electron chi connectivity index (χ0n) is 16.5. The van der Waals surface area contributed by atoms with Gasteiger partial charge in [-0.1, -0.05) is 29.3 Å². The summed E-state index contributed by atoms with van der Waals surface area (Å²) in [6.45, 7) is 5.20. The fourth-order valence-electron chi connectivity index (χ4n) is 3.41. The molecular formula is C22H24Cl2N2O3. The molecule has 0 radical (unpaired) electrons. The second-order valence-corrected chi connectivity index (χ2v) is 7.95. The van der Waals surface area contributed by atoms with Gasteiger partial charge in [0.25, 0.3) is 0 Å². The number of aromatic nitrogens is 2. The number of aryl methyl sites for hydroxylation is 4. The normalized spacial score (nSPS) is 11.2. The first-order chi connectivity index (χ1) is 13.8. The molecule has 0 bridgehead atoms. The van der Waals surface area contributed by atoms with Crippen LogP contribution in [-0.4, -0.2) is 27.2 Å². The quantitative estimate of drug-likeness (QED) is 0.429. The number of fused-ring (bicyclic) bond motifs is 1. The highest BCUT2D eigenvalue weighted by Crippen LogP contribution is 2.27. The van der Waals surface area contributed by atoms with Crippen molar-refractivity contribution in [2.24, 2.45) is 0 Å². The van der Waals surface area contributed by atoms with Crippen LogP contribution >= 0.6 is 23.2 Å². The lowest BCUT2D eigenvalue weighted by Crippen LogP contribution is -2.04. The van der Waals surface area contributed by atoms with Crippen molar-refractivity contribution in [1.29, 1.82) is 0 Å². The summed E-state index contributed by atoms with van der Waals surface area (Å²) >= 11 is 12.3. The van der Waals surface area contributed by atoms with E-state index in [4.69, 9.17) is 38.0 Å². The van der Waals surface area contributed by atoms with Crippen molar-refractivity contribution in [3.05, 3.63) is 57.3 Å². The average molecular weight is 435 g/mol. The summed E-state index contributed by atoms with van der Waals surface area (Å²) in [6, 6.07) is 9.54. The van der Waals surface area contributed by atoms with E-state index in [1.165, 1.54) is 0 Å². The first-order valence-electron chi connectivity index (χ1n) is 9.61. The number of carboxylic acid groups (broad SMARTS) is 1. The minimum atomic E-state index is -0.810. The molecule has 0 spiro atoms. The number of imidazole rings is 1. The standard InChI is InChI=1S/C22H24Cl2N2O3/c1-14-11-18(29-10-4-6-21(27)28)13-20-22(14)25-15(2)26(20)9-3-5-16-7-8-17(23)12-19(16)24/h7-8,11-13H,3-6,9-10H2,1-2H3,(H,27,28). The molecule has 1 N–H and O–H groups in total. The third kappa shape index (κ3) is 5.43. The van der Waals surface area contributed by atoms with Crippen LogP contribution < -0.4 is 4.74 Å². The molecule has 154 valence electrons. The largest absolute Gasteiger partial charge is 0.493 e. The van der Waals surface area contributed by atoms with Crippen molar-refractivity contribution in [2.75, 3.05) is 6.61 Å². The molecule has 0 atom stereocenters. The summed E-state index contributed by atoms with van der Waals surface area (Å²) in [6.07, 6.45) is 2.34. The fourth-order valence-corrected chi connectivity index (χ4v) is 3.91. The van der Waals surface area contributed by atoms with E-state index in [1.54, 1.807) is 6.07 Å². The topological polar surface area (TPSA) is 64.3 Å². The number of carbonyl (C=O) groups is 1. The zero-order valence-corrected chi connectivity index (χ0v) is 18.1. The number of nitrogens with zero attached hydrogens (tertiary/aromatic N) is 2. The molecule has 7 heteroatoms. The Bertz CT molecular complexity index is 1030. The van der Waals surface area contributed by atoms with Crippen molar-refractivity contribution in [3.63, 3.8) is 0 Å². The van der Waals surface area contributed by atoms with Crippen LogP contribution in [0.25, 0.3) is 11.0 Å². The summed E-state index contributed by atoms with van der Waals surface area (Å²) in [7, 11) is 0. The maximum Gasteiger partial charge on any atom is 0.303 e. The lowest BCUT2D eigenvalue weighted by molar-refractivity contribution is -0.137. The lowest BCUT2D eigenvalue weighted by Gasteiger charge is -2.11. The maximum absolute atomic E-state index is 10.6. The average Bonchev–Trinajstić information content (AvgIpc) is 2.97. The highest BCUT2D eigenvalue weighted by atomic mass is 35.5. The second kappa shape index (κ2) is 9.51. The Hall–Kier alpha value is -2.24. The van der Waals surface area contributed by atoms with E-state index < -0.39 is 5.97 Å². The Kier molecular flexibility index (Phi) is 7.04. The Balaban J connectivity index is 1.72. The first-order valence-corrected chi connectivity index (χ1v) is 10.4. The van der Waals surface area contributed by atoms with E-state index in [0.717, 1.165) is 53.1 Å². The molecule has 0 unspecified atom stereocenters. The van der Waals surface area contributed by atoms with Crippen molar-refractivity contribution in [3.8, 4) is 5.75 Å². The van der Waals surface area contributed by atoms with Crippen molar-refractivity contribution in [2.45, 2.75) is 46.1 Å². The van der Waals surface area contributed by atoms with E-state index in [1.807, 2.05) is 38.1 Å². The fraction of sp³-hybridized carbons (Fsp3) is 0.364. The molecule has 2 aromatic carbocycles. The molecular weight excluding hydrogens is 411 g/mol. The highest BCUT2D eigenvalue weighted by molar-refractivity contribution is 6.35. The van der Waals surface area contributed by atoms with E-state index in [-0.39, 0.29) is 6.42 Å². The maximum atomic E-state index is 10.6. The predicted octanol–water partition coefficient (Wildman–Crippen LogP) is 5.84. The summed E-state index contributed by atoms with van der Waals surface area (Å²) in [5.74, 6) is 0.880. The van der Waals surface area contributed by atoms with Gasteiger partial charge in [0.15, 0.2) is 0 Å². The Morgan fingerprint density at radius 1 is 1.17 bits per heavy atom. The summed E-state index contributed by atoms with van der Waals surface area (Å²) < 4.78 is 7.97. The molecule has 29 heavy (non-hydrogen) atoms. The van der Waals surface area contributed by atoms with Crippen molar-refractivity contribution < 1.29 is 14.6 Å². The minimum absolute atomic E-state index is 0.103. The van der Waals surface area contributed by atoms with Crippen LogP contribution in [0.4, 0.5) is 0 Å². The summed E-state index contributed by atoms with van der Waals surface area (Å²) in [5, 5.41) is 10.1. The predicted molar refractivity (Wildman–Crippen MR) is 116 cm³/mol. The lowest BCUT2D eigenvalue weighted by atomic mass is 10.1. The van der Waals surface area contributed by atoms with Gasteiger partial charge in [0, 0.05) is 29.1 Å². The van der Waals surface area contributed by atoms with Gasteiger partial charge in [-0.25, -0.2) is 4.98 Å². The van der Waals surface area contributed by atoms with Gasteiger partial charge in [0.05, 0.1) is 17.6 Å². The molecule has 0 fully saturated rings. The highest BCUT2D eigenvalue weighted by Gasteiger charge is 2.12. The van der Waals surface area contributed by atoms with Gasteiger partial charge in [-0.2, -0.15) is 0 Å². The molecule has 0 aliphatic carbocycles. The summed E-state index contributed by atoms with van der Waals surface area (Å²) in [5.41, 5.74) is 4.11. The Morgan fingerprint density at radius 2 is 1.97 bits per heavy atom. The van der Waals surface area contributed by atoms with Crippen LogP contribution in [0.1, 0.15) is 36.2 Å². The Morgan fingerprint density at radius 3 is 2.69 bits per heavy atom. The third-order valence-electron chi connectivity index (χ3n) is 4.86. The van der Waals surface area contributed by atoms with Gasteiger partial charge in [-0.3, -0.25) is 4.79 Å². The SMILES string of the molecule is Cc1cc(OCCCC(=O)O)cc2c1nc(C)n2CCCc1ccc(Cl)cc1Cl. The molecule has 5 nitrogen and oxygen atoms in total. The van der Waals surface area contributed by atoms with Crippen LogP contribution in [0, 0.1) is 13.8 Å². The number of carboxylic acids is 1. The van der Waals surface area contributed by atoms with Gasteiger partial charge in [-0.05, 0) is 62.4 Å². The molecule has 0 aliphatic heterocycles. The van der Waals surface area contributed by atoms with Crippen molar-refractivity contribution >= 4 is 40.2 Å². The number of hydrogen-bond acceptors (Lipinski definition) is 3. The van der Waals surface area contributed by atoms with Crippen LogP contribution in [0.2, 0.25) is 10.0 Å². The van der Waals surface area contributed by atoms with Crippen LogP contribution in [0.15, 0.2) is 30.3 Å². The molecule has 0 saturated heterocycles. The van der Waals surface area contributed by atoms with Crippen LogP contribution in [0.5, 0.6) is 5.75 Å². The van der Waals surface area contributed by atoms with Gasteiger partial charge in [0.2, 0.25) is 0 Å². The monoisotopic (exact) mass is 434 g/mol. The smallest absolute Gasteiger partial charge is 0.303 e. The van der Waals surface area contributed by atoms with E-state index in [9.17, 15) is 4.79 Å². The molecule has 0 amide bonds. The van der Waals surface area contributed by atoms with Crippen LogP contribution in [0.3, 0.4) is 0 Å². The Labute approximate surface area is 180 Å². The molecule has 0 saturated carbocycles. The zero-order chi connectivity index (χ0) is 21.0. The van der Waals surface area contributed by atoms with E-state index >= 15 is 0 Å². The summed E-state index contributed by atoms with van der Waals surface area (Å²) in [4.78, 5) is 15.4. The molecule has 0 aliphatic rings. The number of halogens is 2. The number of ether oxygens (including phenoxy) is 1. The van der Waals surface area contributed by atoms with Gasteiger partial charge in [0.1, 0.15) is 11.6 Å². The van der Waals surface area contributed by atoms with E-state index in [2.05, 4.69) is 4.57 Å². The first kappa shape index (κ1) is 21.5. The van der Waals surface area contributed by atoms with Gasteiger partial charge in [-0.15, -0.1) is 0 Å². The third-order valence-corrected chi connectivity index (χ3v) is 5.44.